The van der Waals surface area contributed by atoms with Crippen LogP contribution in [0.3, 0.4) is 0 Å². The summed E-state index contributed by atoms with van der Waals surface area (Å²) in [5, 5.41) is 3.24. The summed E-state index contributed by atoms with van der Waals surface area (Å²) >= 11 is 3.11. The summed E-state index contributed by atoms with van der Waals surface area (Å²) in [6, 6.07) is 5.78. The van der Waals surface area contributed by atoms with Crippen molar-refractivity contribution in [2.75, 3.05) is 5.32 Å². The molecule has 3 N–H and O–H groups in total. The normalized spacial score (nSPS) is 25.6. The van der Waals surface area contributed by atoms with Crippen LogP contribution in [0, 0.1) is 5.82 Å². The van der Waals surface area contributed by atoms with Crippen LogP contribution in [0.5, 0.6) is 0 Å². The average molecular weight is 259 g/mol. The fourth-order valence-electron chi connectivity index (χ4n) is 1.60. The van der Waals surface area contributed by atoms with Gasteiger partial charge in [-0.1, -0.05) is 0 Å². The van der Waals surface area contributed by atoms with Crippen LogP contribution < -0.4 is 11.1 Å². The highest BCUT2D eigenvalue weighted by Gasteiger charge is 2.25. The summed E-state index contributed by atoms with van der Waals surface area (Å²) in [6.07, 6.45) is 1.94. The molecule has 0 unspecified atom stereocenters. The highest BCUT2D eigenvalue weighted by molar-refractivity contribution is 9.10. The quantitative estimate of drug-likeness (QED) is 0.856. The molecule has 0 saturated heterocycles. The molecule has 1 aromatic rings. The highest BCUT2D eigenvalue weighted by atomic mass is 79.9. The van der Waals surface area contributed by atoms with Gasteiger partial charge in [0, 0.05) is 17.8 Å². The van der Waals surface area contributed by atoms with Crippen LogP contribution in [0.4, 0.5) is 10.1 Å². The number of nitrogens with one attached hydrogen (secondary N) is 1. The lowest BCUT2D eigenvalue weighted by Crippen LogP contribution is -2.44. The van der Waals surface area contributed by atoms with E-state index in [0.717, 1.165) is 18.5 Å². The van der Waals surface area contributed by atoms with Gasteiger partial charge in [0.05, 0.1) is 4.47 Å². The van der Waals surface area contributed by atoms with E-state index in [4.69, 9.17) is 5.73 Å². The van der Waals surface area contributed by atoms with Crippen LogP contribution in [0.15, 0.2) is 22.7 Å². The summed E-state index contributed by atoms with van der Waals surface area (Å²) in [4.78, 5) is 0. The number of anilines is 1. The Labute approximate surface area is 90.8 Å². The Bertz CT molecular complexity index is 337. The first-order valence-electron chi connectivity index (χ1n) is 4.62. The van der Waals surface area contributed by atoms with E-state index in [2.05, 4.69) is 21.2 Å². The smallest absolute Gasteiger partial charge is 0.139 e. The molecule has 0 amide bonds. The molecule has 0 heterocycles. The Morgan fingerprint density at radius 1 is 1.43 bits per heavy atom. The van der Waals surface area contributed by atoms with Crippen LogP contribution in [-0.2, 0) is 0 Å². The predicted molar refractivity (Wildman–Crippen MR) is 58.7 cm³/mol. The molecular formula is C10H12BrFN2. The fourth-order valence-corrected chi connectivity index (χ4v) is 1.85. The van der Waals surface area contributed by atoms with E-state index >= 15 is 0 Å². The molecule has 14 heavy (non-hydrogen) atoms. The number of benzene rings is 1. The van der Waals surface area contributed by atoms with E-state index in [1.165, 1.54) is 6.07 Å². The van der Waals surface area contributed by atoms with Gasteiger partial charge < -0.3 is 11.1 Å². The summed E-state index contributed by atoms with van der Waals surface area (Å²) in [5.74, 6) is -0.237. The van der Waals surface area contributed by atoms with E-state index in [-0.39, 0.29) is 5.82 Å². The van der Waals surface area contributed by atoms with Gasteiger partial charge in [-0.3, -0.25) is 0 Å². The minimum absolute atomic E-state index is 0.237. The largest absolute Gasteiger partial charge is 0.382 e. The minimum atomic E-state index is -0.237. The first kappa shape index (κ1) is 9.93. The topological polar surface area (TPSA) is 38.0 Å². The molecule has 1 saturated carbocycles. The van der Waals surface area contributed by atoms with Gasteiger partial charge in [-0.15, -0.1) is 0 Å². The summed E-state index contributed by atoms with van der Waals surface area (Å²) in [5.41, 5.74) is 6.48. The van der Waals surface area contributed by atoms with E-state index in [1.54, 1.807) is 6.07 Å². The number of nitrogens with two attached hydrogens (primary N) is 1. The molecule has 2 nitrogen and oxygen atoms in total. The Morgan fingerprint density at radius 2 is 2.14 bits per heavy atom. The van der Waals surface area contributed by atoms with E-state index < -0.39 is 0 Å². The standard InChI is InChI=1S/C10H12BrFN2/c11-9-2-1-7(5-10(9)12)14-8-3-6(13)4-8/h1-2,5-6,8,14H,3-4,13H2. The second kappa shape index (κ2) is 3.87. The third-order valence-electron chi connectivity index (χ3n) is 2.46. The van der Waals surface area contributed by atoms with Crippen LogP contribution in [0.1, 0.15) is 12.8 Å². The van der Waals surface area contributed by atoms with Gasteiger partial charge in [0.2, 0.25) is 0 Å². The maximum Gasteiger partial charge on any atom is 0.139 e. The molecule has 0 atom stereocenters. The molecule has 1 aliphatic carbocycles. The number of rotatable bonds is 2. The Morgan fingerprint density at radius 3 is 2.71 bits per heavy atom. The molecule has 1 aromatic carbocycles. The maximum absolute atomic E-state index is 13.1. The van der Waals surface area contributed by atoms with Crippen LogP contribution in [0.2, 0.25) is 0 Å². The third kappa shape index (κ3) is 2.07. The van der Waals surface area contributed by atoms with Crippen molar-refractivity contribution in [1.29, 1.82) is 0 Å². The van der Waals surface area contributed by atoms with E-state index in [9.17, 15) is 4.39 Å². The predicted octanol–water partition coefficient (Wildman–Crippen LogP) is 2.49. The summed E-state index contributed by atoms with van der Waals surface area (Å²) < 4.78 is 13.6. The van der Waals surface area contributed by atoms with Crippen molar-refractivity contribution in [2.24, 2.45) is 5.73 Å². The van der Waals surface area contributed by atoms with Gasteiger partial charge in [-0.05, 0) is 47.0 Å². The number of hydrogen-bond donors (Lipinski definition) is 2. The molecule has 4 heteroatoms. The first-order chi connectivity index (χ1) is 6.65. The lowest BCUT2D eigenvalue weighted by atomic mass is 9.87. The molecule has 76 valence electrons. The molecule has 1 fully saturated rings. The van der Waals surface area contributed by atoms with Crippen LogP contribution in [0.25, 0.3) is 0 Å². The van der Waals surface area contributed by atoms with Gasteiger partial charge in [-0.25, -0.2) is 4.39 Å². The first-order valence-corrected chi connectivity index (χ1v) is 5.41. The fraction of sp³-hybridized carbons (Fsp3) is 0.400. The maximum atomic E-state index is 13.1. The average Bonchev–Trinajstić information content (AvgIpc) is 2.09. The van der Waals surface area contributed by atoms with Crippen molar-refractivity contribution >= 4 is 21.6 Å². The number of halogens is 2. The molecular weight excluding hydrogens is 247 g/mol. The third-order valence-corrected chi connectivity index (χ3v) is 3.11. The molecule has 0 radical (unpaired) electrons. The Kier molecular flexibility index (Phi) is 2.74. The van der Waals surface area contributed by atoms with Crippen LogP contribution in [-0.4, -0.2) is 12.1 Å². The van der Waals surface area contributed by atoms with Crippen molar-refractivity contribution < 1.29 is 4.39 Å². The Hall–Kier alpha value is -0.610. The molecule has 1 aliphatic rings. The second-order valence-electron chi connectivity index (χ2n) is 3.70. The lowest BCUT2D eigenvalue weighted by molar-refractivity contribution is 0.373. The summed E-state index contributed by atoms with van der Waals surface area (Å²) in [7, 11) is 0. The summed E-state index contributed by atoms with van der Waals surface area (Å²) in [6.45, 7) is 0. The molecule has 0 aromatic heterocycles. The monoisotopic (exact) mass is 258 g/mol. The highest BCUT2D eigenvalue weighted by Crippen LogP contribution is 2.25. The molecule has 0 aliphatic heterocycles. The lowest BCUT2D eigenvalue weighted by Gasteiger charge is -2.33. The molecule has 0 spiro atoms. The zero-order valence-corrected chi connectivity index (χ0v) is 9.22. The SMILES string of the molecule is NC1CC(Nc2ccc(Br)c(F)c2)C1. The molecule has 2 rings (SSSR count). The van der Waals surface area contributed by atoms with Crippen molar-refractivity contribution in [3.8, 4) is 0 Å². The van der Waals surface area contributed by atoms with Gasteiger partial charge >= 0.3 is 0 Å². The van der Waals surface area contributed by atoms with Crippen molar-refractivity contribution in [2.45, 2.75) is 24.9 Å². The molecule has 0 bridgehead atoms. The van der Waals surface area contributed by atoms with E-state index in [0.29, 0.717) is 16.6 Å². The van der Waals surface area contributed by atoms with Gasteiger partial charge in [0.1, 0.15) is 5.82 Å². The zero-order chi connectivity index (χ0) is 10.1. The van der Waals surface area contributed by atoms with Crippen molar-refractivity contribution in [1.82, 2.24) is 0 Å². The van der Waals surface area contributed by atoms with Gasteiger partial charge in [0.15, 0.2) is 0 Å². The van der Waals surface area contributed by atoms with E-state index in [1.807, 2.05) is 6.07 Å². The zero-order valence-electron chi connectivity index (χ0n) is 7.63. The van der Waals surface area contributed by atoms with Crippen molar-refractivity contribution in [3.63, 3.8) is 0 Å². The van der Waals surface area contributed by atoms with Crippen molar-refractivity contribution in [3.05, 3.63) is 28.5 Å². The van der Waals surface area contributed by atoms with Crippen LogP contribution >= 0.6 is 15.9 Å². The van der Waals surface area contributed by atoms with Gasteiger partial charge in [-0.2, -0.15) is 0 Å². The van der Waals surface area contributed by atoms with Gasteiger partial charge in [0.25, 0.3) is 0 Å². The number of hydrogen-bond acceptors (Lipinski definition) is 2. The second-order valence-corrected chi connectivity index (χ2v) is 4.56. The minimum Gasteiger partial charge on any atom is -0.382 e. The Balaban J connectivity index is 2.00.